The molecule has 0 bridgehead atoms. The van der Waals surface area contributed by atoms with Crippen molar-refractivity contribution in [3.63, 3.8) is 0 Å². The molecule has 3 aromatic carbocycles. The second-order valence-electron chi connectivity index (χ2n) is 7.05. The number of halogens is 4. The van der Waals surface area contributed by atoms with E-state index in [4.69, 9.17) is 46.4 Å². The summed E-state index contributed by atoms with van der Waals surface area (Å²) in [5, 5.41) is 15.7. The van der Waals surface area contributed by atoms with Crippen molar-refractivity contribution in [3.05, 3.63) is 92.0 Å². The fraction of sp³-hybridized carbons (Fsp3) is 0. The summed E-state index contributed by atoms with van der Waals surface area (Å²) >= 11 is 24.1. The van der Waals surface area contributed by atoms with E-state index in [0.717, 1.165) is 4.90 Å². The van der Waals surface area contributed by atoms with Crippen LogP contribution in [0.5, 0.6) is 5.75 Å². The Balaban J connectivity index is 1.50. The molecule has 3 N–H and O–H groups in total. The third-order valence-electron chi connectivity index (χ3n) is 4.80. The molecule has 1 aliphatic rings. The number of carbonyl (C=O) groups excluding carboxylic acids is 3. The van der Waals surface area contributed by atoms with Crippen LogP contribution in [-0.4, -0.2) is 22.8 Å². The summed E-state index contributed by atoms with van der Waals surface area (Å²) in [5.74, 6) is -2.06. The molecule has 11 heteroatoms. The van der Waals surface area contributed by atoms with E-state index in [-0.39, 0.29) is 38.4 Å². The Morgan fingerprint density at radius 2 is 1.47 bits per heavy atom. The molecule has 0 atom stereocenters. The molecule has 0 unspecified atom stereocenters. The van der Waals surface area contributed by atoms with E-state index in [1.165, 1.54) is 60.7 Å². The normalized spacial score (nSPS) is 13.5. The van der Waals surface area contributed by atoms with Crippen molar-refractivity contribution in [1.29, 1.82) is 0 Å². The Bertz CT molecular complexity index is 1370. The number of amides is 3. The van der Waals surface area contributed by atoms with Crippen molar-refractivity contribution < 1.29 is 19.5 Å². The van der Waals surface area contributed by atoms with Crippen LogP contribution in [0.4, 0.5) is 17.1 Å². The third-order valence-corrected chi connectivity index (χ3v) is 5.92. The van der Waals surface area contributed by atoms with Crippen LogP contribution in [0.3, 0.4) is 0 Å². The number of imide groups is 1. The third kappa shape index (κ3) is 4.69. The predicted molar refractivity (Wildman–Crippen MR) is 133 cm³/mol. The Kier molecular flexibility index (Phi) is 6.72. The first-order valence-corrected chi connectivity index (χ1v) is 11.1. The maximum Gasteiger partial charge on any atom is 0.283 e. The van der Waals surface area contributed by atoms with Crippen LogP contribution in [0.1, 0.15) is 10.4 Å². The summed E-state index contributed by atoms with van der Waals surface area (Å²) in [5.41, 5.74) is 0.840. The van der Waals surface area contributed by atoms with Gasteiger partial charge in [-0.05, 0) is 60.7 Å². The molecular formula is C23H13Cl4N3O4. The van der Waals surface area contributed by atoms with Crippen molar-refractivity contribution in [1.82, 2.24) is 0 Å². The molecule has 0 aromatic heterocycles. The van der Waals surface area contributed by atoms with Gasteiger partial charge in [-0.25, -0.2) is 4.90 Å². The van der Waals surface area contributed by atoms with Gasteiger partial charge in [0.25, 0.3) is 17.7 Å². The average Bonchev–Trinajstić information content (AvgIpc) is 3.00. The maximum absolute atomic E-state index is 12.9. The van der Waals surface area contributed by atoms with E-state index in [9.17, 15) is 19.5 Å². The van der Waals surface area contributed by atoms with Gasteiger partial charge in [-0.15, -0.1) is 0 Å². The minimum Gasteiger partial charge on any atom is -0.506 e. The number of phenolic OH excluding ortho intramolecular Hbond substituents is 1. The van der Waals surface area contributed by atoms with Crippen LogP contribution in [0.25, 0.3) is 0 Å². The number of benzene rings is 3. The second kappa shape index (κ2) is 9.56. The summed E-state index contributed by atoms with van der Waals surface area (Å²) in [6.07, 6.45) is 0. The first-order valence-electron chi connectivity index (χ1n) is 9.56. The standard InChI is InChI=1S/C23H13Cl4N3O4/c24-12-3-7-17(15(26)9-12)30-22(33)19(27)20(23(30)34)28-14-5-1-11(2-6-14)21(32)29-16-10-13(25)4-8-18(16)31/h1-10,28,31H,(H,29,32). The summed E-state index contributed by atoms with van der Waals surface area (Å²) in [6.45, 7) is 0. The molecule has 1 aliphatic heterocycles. The highest BCUT2D eigenvalue weighted by molar-refractivity contribution is 6.54. The molecule has 0 radical (unpaired) electrons. The van der Waals surface area contributed by atoms with E-state index in [2.05, 4.69) is 10.6 Å². The van der Waals surface area contributed by atoms with Gasteiger partial charge in [0.15, 0.2) is 0 Å². The van der Waals surface area contributed by atoms with Gasteiger partial charge >= 0.3 is 0 Å². The van der Waals surface area contributed by atoms with Crippen LogP contribution in [-0.2, 0) is 9.59 Å². The zero-order valence-electron chi connectivity index (χ0n) is 16.9. The lowest BCUT2D eigenvalue weighted by molar-refractivity contribution is -0.120. The lowest BCUT2D eigenvalue weighted by atomic mass is 10.1. The van der Waals surface area contributed by atoms with E-state index in [1.54, 1.807) is 0 Å². The fourth-order valence-corrected chi connectivity index (χ4v) is 4.02. The molecule has 34 heavy (non-hydrogen) atoms. The maximum atomic E-state index is 12.9. The summed E-state index contributed by atoms with van der Waals surface area (Å²) in [4.78, 5) is 38.9. The molecule has 0 aliphatic carbocycles. The lowest BCUT2D eigenvalue weighted by Crippen LogP contribution is -2.32. The van der Waals surface area contributed by atoms with E-state index in [0.29, 0.717) is 15.7 Å². The molecule has 1 heterocycles. The largest absolute Gasteiger partial charge is 0.506 e. The zero-order chi connectivity index (χ0) is 24.6. The van der Waals surface area contributed by atoms with Gasteiger partial charge in [-0.3, -0.25) is 14.4 Å². The SMILES string of the molecule is O=C(Nc1cc(Cl)ccc1O)c1ccc(NC2=C(Cl)C(=O)N(c3ccc(Cl)cc3Cl)C2=O)cc1. The first-order chi connectivity index (χ1) is 16.2. The van der Waals surface area contributed by atoms with Gasteiger partial charge in [0.05, 0.1) is 16.4 Å². The van der Waals surface area contributed by atoms with Crippen molar-refractivity contribution in [3.8, 4) is 5.75 Å². The number of anilines is 3. The van der Waals surface area contributed by atoms with Crippen LogP contribution in [0, 0.1) is 0 Å². The van der Waals surface area contributed by atoms with E-state index >= 15 is 0 Å². The Morgan fingerprint density at radius 3 is 2.15 bits per heavy atom. The summed E-state index contributed by atoms with van der Waals surface area (Å²) in [7, 11) is 0. The molecule has 0 fully saturated rings. The minimum absolute atomic E-state index is 0.112. The van der Waals surface area contributed by atoms with Crippen LogP contribution in [0.15, 0.2) is 71.4 Å². The number of nitrogens with zero attached hydrogens (tertiary/aromatic N) is 1. The molecule has 4 rings (SSSR count). The average molecular weight is 537 g/mol. The number of phenols is 1. The number of carbonyl (C=O) groups is 3. The van der Waals surface area contributed by atoms with Gasteiger partial charge in [0, 0.05) is 21.3 Å². The second-order valence-corrected chi connectivity index (χ2v) is 8.71. The summed E-state index contributed by atoms with van der Waals surface area (Å²) in [6, 6.07) is 14.7. The van der Waals surface area contributed by atoms with Crippen molar-refractivity contribution in [2.45, 2.75) is 0 Å². The zero-order valence-corrected chi connectivity index (χ0v) is 19.9. The Morgan fingerprint density at radius 1 is 0.824 bits per heavy atom. The molecule has 3 aromatic rings. The van der Waals surface area contributed by atoms with Crippen molar-refractivity contribution in [2.75, 3.05) is 15.5 Å². The highest BCUT2D eigenvalue weighted by Gasteiger charge is 2.39. The monoisotopic (exact) mass is 535 g/mol. The quantitative estimate of drug-likeness (QED) is 0.273. The van der Waals surface area contributed by atoms with Crippen LogP contribution < -0.4 is 15.5 Å². The topological polar surface area (TPSA) is 98.7 Å². The first kappa shape index (κ1) is 23.9. The minimum atomic E-state index is -0.740. The number of rotatable bonds is 5. The lowest BCUT2D eigenvalue weighted by Gasteiger charge is -2.16. The number of hydrogen-bond donors (Lipinski definition) is 3. The fourth-order valence-electron chi connectivity index (χ4n) is 3.14. The van der Waals surface area contributed by atoms with Gasteiger partial charge in [0.2, 0.25) is 0 Å². The van der Waals surface area contributed by atoms with Crippen LogP contribution >= 0.6 is 46.4 Å². The van der Waals surface area contributed by atoms with Gasteiger partial charge in [0.1, 0.15) is 16.5 Å². The Labute approximate surface area is 213 Å². The van der Waals surface area contributed by atoms with Crippen LogP contribution in [0.2, 0.25) is 15.1 Å². The highest BCUT2D eigenvalue weighted by atomic mass is 35.5. The van der Waals surface area contributed by atoms with Gasteiger partial charge in [-0.2, -0.15) is 0 Å². The number of aromatic hydroxyl groups is 1. The molecule has 172 valence electrons. The molecule has 7 nitrogen and oxygen atoms in total. The molecule has 0 saturated carbocycles. The number of hydrogen-bond acceptors (Lipinski definition) is 5. The molecule has 0 spiro atoms. The van der Waals surface area contributed by atoms with Crippen molar-refractivity contribution >= 4 is 81.2 Å². The highest BCUT2D eigenvalue weighted by Crippen LogP contribution is 2.35. The predicted octanol–water partition coefficient (Wildman–Crippen LogP) is 6.04. The number of nitrogens with one attached hydrogen (secondary N) is 2. The Hall–Kier alpha value is -3.23. The van der Waals surface area contributed by atoms with E-state index < -0.39 is 17.7 Å². The smallest absolute Gasteiger partial charge is 0.283 e. The molecule has 3 amide bonds. The van der Waals surface area contributed by atoms with Gasteiger partial charge < -0.3 is 15.7 Å². The van der Waals surface area contributed by atoms with Crippen molar-refractivity contribution in [2.24, 2.45) is 0 Å². The molecule has 0 saturated heterocycles. The summed E-state index contributed by atoms with van der Waals surface area (Å²) < 4.78 is 0. The van der Waals surface area contributed by atoms with E-state index in [1.807, 2.05) is 0 Å². The van der Waals surface area contributed by atoms with Gasteiger partial charge in [-0.1, -0.05) is 46.4 Å². The molecular weight excluding hydrogens is 524 g/mol.